The molecule has 1 radical (unpaired) electrons. The van der Waals surface area contributed by atoms with Crippen LogP contribution in [0.5, 0.6) is 0 Å². The summed E-state index contributed by atoms with van der Waals surface area (Å²) < 4.78 is 4.51. The SMILES string of the molecule is C.Cc1cc[c-]c(-c2ncc(C(C)(C)C)n2-c2ccccc2)c1.Cc1cccc(-c2ncc(C(C)(C)C)n2-c2ccccc2)c1.[Ir]. The predicted octanol–water partition coefficient (Wildman–Crippen LogP) is 10.7. The molecule has 0 saturated carbocycles. The summed E-state index contributed by atoms with van der Waals surface area (Å²) in [6.07, 6.45) is 3.99. The van der Waals surface area contributed by atoms with Crippen LogP contribution in [0.3, 0.4) is 0 Å². The third-order valence-corrected chi connectivity index (χ3v) is 7.56. The van der Waals surface area contributed by atoms with Crippen LogP contribution in [0.15, 0.2) is 116 Å². The number of benzene rings is 4. The molecule has 46 heavy (non-hydrogen) atoms. The maximum atomic E-state index is 4.73. The van der Waals surface area contributed by atoms with Crippen molar-refractivity contribution in [2.45, 2.75) is 73.6 Å². The van der Waals surface area contributed by atoms with Gasteiger partial charge < -0.3 is 4.57 Å². The minimum Gasteiger partial charge on any atom is -0.337 e. The molecule has 2 aromatic heterocycles. The van der Waals surface area contributed by atoms with Crippen molar-refractivity contribution in [3.05, 3.63) is 144 Å². The average molecular weight is 788 g/mol. The average Bonchev–Trinajstić information content (AvgIpc) is 3.65. The summed E-state index contributed by atoms with van der Waals surface area (Å²) in [7, 11) is 0. The zero-order chi connectivity index (χ0) is 31.5. The fraction of sp³-hybridized carbons (Fsp3) is 0.268. The van der Waals surface area contributed by atoms with E-state index < -0.39 is 0 Å². The Labute approximate surface area is 289 Å². The molecule has 0 fully saturated rings. The second-order valence-electron chi connectivity index (χ2n) is 13.4. The zero-order valence-electron chi connectivity index (χ0n) is 27.6. The van der Waals surface area contributed by atoms with Gasteiger partial charge in [0.25, 0.3) is 0 Å². The molecule has 6 aromatic rings. The molecule has 0 unspecified atom stereocenters. The maximum Gasteiger partial charge on any atom is 0.144 e. The summed E-state index contributed by atoms with van der Waals surface area (Å²) in [6, 6.07) is 38.9. The van der Waals surface area contributed by atoms with E-state index in [1.807, 2.05) is 30.6 Å². The summed E-state index contributed by atoms with van der Waals surface area (Å²) in [6.45, 7) is 17.5. The van der Waals surface area contributed by atoms with Gasteiger partial charge in [0.2, 0.25) is 0 Å². The van der Waals surface area contributed by atoms with Crippen LogP contribution in [0.4, 0.5) is 0 Å². The third-order valence-electron chi connectivity index (χ3n) is 7.56. The molecule has 0 N–H and O–H groups in total. The largest absolute Gasteiger partial charge is 0.337 e. The van der Waals surface area contributed by atoms with Gasteiger partial charge in [-0.2, -0.15) is 0 Å². The van der Waals surface area contributed by atoms with Crippen LogP contribution in [-0.4, -0.2) is 19.1 Å². The Morgan fingerprint density at radius 3 is 1.52 bits per heavy atom. The summed E-state index contributed by atoms with van der Waals surface area (Å²) >= 11 is 0. The number of aryl methyl sites for hydroxylation is 2. The van der Waals surface area contributed by atoms with Gasteiger partial charge in [0.05, 0.1) is 5.82 Å². The molecule has 4 nitrogen and oxygen atoms in total. The van der Waals surface area contributed by atoms with Crippen molar-refractivity contribution >= 4 is 0 Å². The number of hydrogen-bond donors (Lipinski definition) is 0. The van der Waals surface area contributed by atoms with E-state index in [2.05, 4.69) is 156 Å². The van der Waals surface area contributed by atoms with Crippen LogP contribution in [0, 0.1) is 19.9 Å². The molecule has 0 saturated heterocycles. The summed E-state index contributed by atoms with van der Waals surface area (Å²) in [4.78, 5) is 9.44. The monoisotopic (exact) mass is 788 g/mol. The van der Waals surface area contributed by atoms with E-state index >= 15 is 0 Å². The van der Waals surface area contributed by atoms with E-state index in [1.165, 1.54) is 22.5 Å². The molecule has 0 aliphatic rings. The van der Waals surface area contributed by atoms with Crippen molar-refractivity contribution < 1.29 is 20.1 Å². The first kappa shape index (κ1) is 36.4. The molecule has 0 spiro atoms. The van der Waals surface area contributed by atoms with E-state index in [0.717, 1.165) is 34.2 Å². The minimum atomic E-state index is 0. The second-order valence-corrected chi connectivity index (χ2v) is 13.4. The molecule has 0 bridgehead atoms. The molecule has 5 heteroatoms. The number of para-hydroxylation sites is 2. The fourth-order valence-electron chi connectivity index (χ4n) is 5.33. The van der Waals surface area contributed by atoms with E-state index in [1.54, 1.807) is 0 Å². The fourth-order valence-corrected chi connectivity index (χ4v) is 5.33. The van der Waals surface area contributed by atoms with Gasteiger partial charge in [0.15, 0.2) is 0 Å². The predicted molar refractivity (Wildman–Crippen MR) is 190 cm³/mol. The topological polar surface area (TPSA) is 35.6 Å². The van der Waals surface area contributed by atoms with Gasteiger partial charge in [-0.1, -0.05) is 116 Å². The van der Waals surface area contributed by atoms with E-state index in [4.69, 9.17) is 9.97 Å². The van der Waals surface area contributed by atoms with Gasteiger partial charge in [-0.15, -0.1) is 35.4 Å². The Hall–Kier alpha value is -4.05. The van der Waals surface area contributed by atoms with Gasteiger partial charge in [-0.3, -0.25) is 9.55 Å². The Morgan fingerprint density at radius 2 is 1.04 bits per heavy atom. The smallest absolute Gasteiger partial charge is 0.144 e. The van der Waals surface area contributed by atoms with Crippen molar-refractivity contribution in [1.29, 1.82) is 0 Å². The Bertz CT molecular complexity index is 1700. The molecule has 241 valence electrons. The van der Waals surface area contributed by atoms with Crippen molar-refractivity contribution in [3.63, 3.8) is 0 Å². The zero-order valence-corrected chi connectivity index (χ0v) is 30.0. The molecule has 0 atom stereocenters. The summed E-state index contributed by atoms with van der Waals surface area (Å²) in [5, 5.41) is 0. The molecule has 0 aliphatic heterocycles. The van der Waals surface area contributed by atoms with Crippen molar-refractivity contribution in [2.24, 2.45) is 0 Å². The van der Waals surface area contributed by atoms with Gasteiger partial charge in [-0.25, -0.2) is 4.98 Å². The summed E-state index contributed by atoms with van der Waals surface area (Å²) in [5.74, 6) is 1.94. The first-order valence-electron chi connectivity index (χ1n) is 15.3. The standard InChI is InChI=1S/C20H22N2.C20H21N2.CH4.Ir/c2*1-15-9-8-10-16(13-15)19-21-14-18(20(2,3)4)22(19)17-11-6-5-7-12-17;;/h5-14H,1-4H3;5-9,11-14H,1-4H3;1H4;/q;-1;;. The van der Waals surface area contributed by atoms with E-state index in [-0.39, 0.29) is 38.4 Å². The van der Waals surface area contributed by atoms with Crippen LogP contribution in [0.2, 0.25) is 0 Å². The Kier molecular flexibility index (Phi) is 11.9. The third kappa shape index (κ3) is 8.20. The van der Waals surface area contributed by atoms with Crippen LogP contribution in [0.1, 0.15) is 71.5 Å². The molecule has 0 aliphatic carbocycles. The molecule has 6 rings (SSSR count). The normalized spacial score (nSPS) is 11.1. The van der Waals surface area contributed by atoms with Gasteiger partial charge in [0.1, 0.15) is 5.82 Å². The second kappa shape index (κ2) is 15.0. The molecule has 0 amide bonds. The molecule has 2 heterocycles. The Balaban J connectivity index is 0.000000240. The summed E-state index contributed by atoms with van der Waals surface area (Å²) in [5.41, 5.74) is 9.40. The van der Waals surface area contributed by atoms with Crippen LogP contribution < -0.4 is 0 Å². The first-order chi connectivity index (χ1) is 20.9. The van der Waals surface area contributed by atoms with Crippen LogP contribution in [-0.2, 0) is 30.9 Å². The van der Waals surface area contributed by atoms with Crippen LogP contribution >= 0.6 is 0 Å². The van der Waals surface area contributed by atoms with Gasteiger partial charge >= 0.3 is 0 Å². The minimum absolute atomic E-state index is 0. The van der Waals surface area contributed by atoms with Gasteiger partial charge in [-0.05, 0) is 37.3 Å². The quantitative estimate of drug-likeness (QED) is 0.167. The number of nitrogens with zero attached hydrogens (tertiary/aromatic N) is 4. The number of hydrogen-bond acceptors (Lipinski definition) is 2. The molecular weight excluding hydrogens is 741 g/mol. The van der Waals surface area contributed by atoms with Crippen molar-refractivity contribution in [3.8, 4) is 34.2 Å². The number of aromatic nitrogens is 4. The van der Waals surface area contributed by atoms with Crippen LogP contribution in [0.25, 0.3) is 34.2 Å². The van der Waals surface area contributed by atoms with Crippen molar-refractivity contribution in [1.82, 2.24) is 19.1 Å². The Morgan fingerprint density at radius 1 is 0.565 bits per heavy atom. The van der Waals surface area contributed by atoms with E-state index in [9.17, 15) is 0 Å². The van der Waals surface area contributed by atoms with Gasteiger partial charge in [0, 0.05) is 71.7 Å². The number of imidazole rings is 2. The molecular formula is C41H47IrN4-. The first-order valence-corrected chi connectivity index (χ1v) is 15.3. The van der Waals surface area contributed by atoms with Crippen molar-refractivity contribution in [2.75, 3.05) is 0 Å². The number of rotatable bonds is 4. The van der Waals surface area contributed by atoms with E-state index in [0.29, 0.717) is 0 Å². The molecule has 4 aromatic carbocycles. The maximum absolute atomic E-state index is 4.73.